The van der Waals surface area contributed by atoms with Gasteiger partial charge in [-0.2, -0.15) is 0 Å². The lowest BCUT2D eigenvalue weighted by Gasteiger charge is -2.23. The first-order valence-corrected chi connectivity index (χ1v) is 5.50. The molecule has 2 rings (SSSR count). The van der Waals surface area contributed by atoms with Crippen LogP contribution in [0.3, 0.4) is 0 Å². The number of aromatic nitrogens is 2. The predicted octanol–water partition coefficient (Wildman–Crippen LogP) is 2.16. The average Bonchev–Trinajstić information content (AvgIpc) is 2.53. The van der Waals surface area contributed by atoms with Gasteiger partial charge >= 0.3 is 0 Å². The van der Waals surface area contributed by atoms with Crippen molar-refractivity contribution in [3.05, 3.63) is 17.7 Å². The molecule has 1 aliphatic rings. The van der Waals surface area contributed by atoms with Crippen LogP contribution in [0.4, 0.5) is 0 Å². The molecule has 0 saturated heterocycles. The van der Waals surface area contributed by atoms with Gasteiger partial charge in [-0.25, -0.2) is 4.98 Å². The quantitative estimate of drug-likeness (QED) is 0.771. The van der Waals surface area contributed by atoms with Gasteiger partial charge in [-0.1, -0.05) is 13.3 Å². The lowest BCUT2D eigenvalue weighted by molar-refractivity contribution is 0.258. The lowest BCUT2D eigenvalue weighted by Crippen LogP contribution is -2.10. The monoisotopic (exact) mass is 194 g/mol. The van der Waals surface area contributed by atoms with Gasteiger partial charge in [-0.05, 0) is 19.3 Å². The average molecular weight is 194 g/mol. The summed E-state index contributed by atoms with van der Waals surface area (Å²) in [6.07, 6.45) is 6.80. The number of imidazole rings is 1. The zero-order valence-electron chi connectivity index (χ0n) is 8.66. The zero-order chi connectivity index (χ0) is 9.97. The SMILES string of the molecule is CCC(CO)c1ncc(C2CCC2)[nH]1. The smallest absolute Gasteiger partial charge is 0.111 e. The van der Waals surface area contributed by atoms with E-state index >= 15 is 0 Å². The van der Waals surface area contributed by atoms with E-state index in [-0.39, 0.29) is 12.5 Å². The Morgan fingerprint density at radius 1 is 1.64 bits per heavy atom. The van der Waals surface area contributed by atoms with Gasteiger partial charge < -0.3 is 10.1 Å². The van der Waals surface area contributed by atoms with Gasteiger partial charge in [0.1, 0.15) is 5.82 Å². The fraction of sp³-hybridized carbons (Fsp3) is 0.727. The number of aliphatic hydroxyl groups is 1. The summed E-state index contributed by atoms with van der Waals surface area (Å²) in [5, 5.41) is 9.14. The highest BCUT2D eigenvalue weighted by molar-refractivity contribution is 5.12. The number of hydrogen-bond donors (Lipinski definition) is 2. The molecule has 0 aromatic carbocycles. The molecule has 14 heavy (non-hydrogen) atoms. The molecule has 1 aromatic heterocycles. The molecule has 0 amide bonds. The van der Waals surface area contributed by atoms with Crippen LogP contribution in [0.2, 0.25) is 0 Å². The number of rotatable bonds is 4. The van der Waals surface area contributed by atoms with E-state index in [0.29, 0.717) is 5.92 Å². The fourth-order valence-electron chi connectivity index (χ4n) is 1.89. The van der Waals surface area contributed by atoms with E-state index in [0.717, 1.165) is 12.2 Å². The molecule has 0 aliphatic heterocycles. The number of aliphatic hydroxyl groups excluding tert-OH is 1. The van der Waals surface area contributed by atoms with E-state index in [1.807, 2.05) is 6.20 Å². The van der Waals surface area contributed by atoms with Crippen molar-refractivity contribution in [2.75, 3.05) is 6.61 Å². The Kier molecular flexibility index (Phi) is 2.87. The summed E-state index contributed by atoms with van der Waals surface area (Å²) < 4.78 is 0. The van der Waals surface area contributed by atoms with E-state index < -0.39 is 0 Å². The summed E-state index contributed by atoms with van der Waals surface area (Å²) in [6, 6.07) is 0. The third-order valence-electron chi connectivity index (χ3n) is 3.26. The summed E-state index contributed by atoms with van der Waals surface area (Å²) in [4.78, 5) is 7.69. The van der Waals surface area contributed by atoms with Crippen LogP contribution in [0.25, 0.3) is 0 Å². The van der Waals surface area contributed by atoms with Gasteiger partial charge in [-0.15, -0.1) is 0 Å². The maximum Gasteiger partial charge on any atom is 0.111 e. The minimum atomic E-state index is 0.184. The van der Waals surface area contributed by atoms with Crippen molar-refractivity contribution in [3.63, 3.8) is 0 Å². The van der Waals surface area contributed by atoms with Gasteiger partial charge in [0.2, 0.25) is 0 Å². The Morgan fingerprint density at radius 2 is 2.43 bits per heavy atom. The summed E-state index contributed by atoms with van der Waals surface area (Å²) in [5.74, 6) is 1.84. The molecule has 1 saturated carbocycles. The number of nitrogens with one attached hydrogen (secondary N) is 1. The highest BCUT2D eigenvalue weighted by Gasteiger charge is 2.22. The minimum Gasteiger partial charge on any atom is -0.396 e. The van der Waals surface area contributed by atoms with Crippen LogP contribution in [0.15, 0.2) is 6.20 Å². The van der Waals surface area contributed by atoms with Crippen molar-refractivity contribution in [2.24, 2.45) is 0 Å². The van der Waals surface area contributed by atoms with Crippen molar-refractivity contribution in [1.29, 1.82) is 0 Å². The van der Waals surface area contributed by atoms with Crippen LogP contribution >= 0.6 is 0 Å². The normalized spacial score (nSPS) is 19.3. The zero-order valence-corrected chi connectivity index (χ0v) is 8.66. The molecule has 3 nitrogen and oxygen atoms in total. The molecule has 1 aliphatic carbocycles. The predicted molar refractivity (Wildman–Crippen MR) is 55.3 cm³/mol. The Balaban J connectivity index is 2.07. The first kappa shape index (κ1) is 9.71. The molecule has 1 fully saturated rings. The topological polar surface area (TPSA) is 48.9 Å². The van der Waals surface area contributed by atoms with Gasteiger partial charge in [0, 0.05) is 23.7 Å². The van der Waals surface area contributed by atoms with E-state index in [1.165, 1.54) is 25.0 Å². The molecule has 0 radical (unpaired) electrons. The van der Waals surface area contributed by atoms with Crippen LogP contribution in [-0.4, -0.2) is 21.7 Å². The fourth-order valence-corrected chi connectivity index (χ4v) is 1.89. The van der Waals surface area contributed by atoms with Crippen molar-refractivity contribution < 1.29 is 5.11 Å². The van der Waals surface area contributed by atoms with Gasteiger partial charge in [-0.3, -0.25) is 0 Å². The van der Waals surface area contributed by atoms with Gasteiger partial charge in [0.25, 0.3) is 0 Å². The number of hydrogen-bond acceptors (Lipinski definition) is 2. The molecular formula is C11H18N2O. The summed E-state index contributed by atoms with van der Waals surface area (Å²) in [7, 11) is 0. The molecule has 3 heteroatoms. The van der Waals surface area contributed by atoms with Crippen LogP contribution in [0.5, 0.6) is 0 Å². The minimum absolute atomic E-state index is 0.184. The molecule has 1 heterocycles. The van der Waals surface area contributed by atoms with Gasteiger partial charge in [0.15, 0.2) is 0 Å². The molecule has 1 aromatic rings. The summed E-state index contributed by atoms with van der Waals surface area (Å²) >= 11 is 0. The van der Waals surface area contributed by atoms with E-state index in [2.05, 4.69) is 16.9 Å². The first-order chi connectivity index (χ1) is 6.85. The standard InChI is InChI=1S/C11H18N2O/c1-2-8(7-14)11-12-6-10(13-11)9-4-3-5-9/h6,8-9,14H,2-5,7H2,1H3,(H,12,13). The number of nitrogens with zero attached hydrogens (tertiary/aromatic N) is 1. The van der Waals surface area contributed by atoms with Gasteiger partial charge in [0.05, 0.1) is 6.61 Å². The third-order valence-corrected chi connectivity index (χ3v) is 3.26. The van der Waals surface area contributed by atoms with Crippen LogP contribution in [0, 0.1) is 0 Å². The molecular weight excluding hydrogens is 176 g/mol. The Morgan fingerprint density at radius 3 is 2.93 bits per heavy atom. The van der Waals surface area contributed by atoms with Crippen molar-refractivity contribution >= 4 is 0 Å². The third kappa shape index (κ3) is 1.69. The molecule has 0 bridgehead atoms. The Labute approximate surface area is 84.6 Å². The highest BCUT2D eigenvalue weighted by atomic mass is 16.3. The molecule has 2 N–H and O–H groups in total. The van der Waals surface area contributed by atoms with E-state index in [4.69, 9.17) is 5.11 Å². The highest BCUT2D eigenvalue weighted by Crippen LogP contribution is 2.35. The van der Waals surface area contributed by atoms with Crippen LogP contribution < -0.4 is 0 Å². The van der Waals surface area contributed by atoms with Crippen molar-refractivity contribution in [2.45, 2.75) is 44.4 Å². The van der Waals surface area contributed by atoms with Crippen molar-refractivity contribution in [3.8, 4) is 0 Å². The number of H-pyrrole nitrogens is 1. The van der Waals surface area contributed by atoms with Crippen LogP contribution in [0.1, 0.15) is 56.0 Å². The Hall–Kier alpha value is -0.830. The van der Waals surface area contributed by atoms with Crippen molar-refractivity contribution in [1.82, 2.24) is 9.97 Å². The maximum absolute atomic E-state index is 9.14. The maximum atomic E-state index is 9.14. The van der Waals surface area contributed by atoms with E-state index in [9.17, 15) is 0 Å². The molecule has 1 atom stereocenters. The largest absolute Gasteiger partial charge is 0.396 e. The van der Waals surface area contributed by atoms with Crippen LogP contribution in [-0.2, 0) is 0 Å². The molecule has 78 valence electrons. The number of aromatic amines is 1. The Bertz CT molecular complexity index is 287. The summed E-state index contributed by atoms with van der Waals surface area (Å²) in [6.45, 7) is 2.26. The summed E-state index contributed by atoms with van der Waals surface area (Å²) in [5.41, 5.74) is 1.26. The lowest BCUT2D eigenvalue weighted by atomic mass is 9.83. The first-order valence-electron chi connectivity index (χ1n) is 5.50. The second kappa shape index (κ2) is 4.13. The second-order valence-corrected chi connectivity index (χ2v) is 4.14. The molecule has 1 unspecified atom stereocenters. The second-order valence-electron chi connectivity index (χ2n) is 4.14. The van der Waals surface area contributed by atoms with E-state index in [1.54, 1.807) is 0 Å². The molecule has 0 spiro atoms.